The first-order valence-corrected chi connectivity index (χ1v) is 13.3. The molecule has 0 aliphatic rings. The Kier molecular flexibility index (Phi) is 7.11. The summed E-state index contributed by atoms with van der Waals surface area (Å²) >= 11 is 0. The van der Waals surface area contributed by atoms with E-state index >= 15 is 0 Å². The molecule has 0 unspecified atom stereocenters. The second kappa shape index (κ2) is 9.85. The van der Waals surface area contributed by atoms with Crippen molar-refractivity contribution in [3.8, 4) is 28.5 Å². The molecule has 0 bridgehead atoms. The average molecular weight is 496 g/mol. The highest BCUT2D eigenvalue weighted by Gasteiger charge is 2.26. The Labute approximate surface area is 222 Å². The minimum absolute atomic E-state index is 0.181. The Morgan fingerprint density at radius 1 is 0.676 bits per heavy atom. The average Bonchev–Trinajstić information content (AvgIpc) is 3.32. The van der Waals surface area contributed by atoms with Gasteiger partial charge in [0.05, 0.1) is 5.69 Å². The molecule has 0 radical (unpaired) electrons. The van der Waals surface area contributed by atoms with Crippen LogP contribution in [0.2, 0.25) is 0 Å². The van der Waals surface area contributed by atoms with E-state index in [1.54, 1.807) is 0 Å². The van der Waals surface area contributed by atoms with Crippen molar-refractivity contribution in [2.45, 2.75) is 91.9 Å². The van der Waals surface area contributed by atoms with Gasteiger partial charge in [0.15, 0.2) is 5.82 Å². The van der Waals surface area contributed by atoms with E-state index in [1.165, 1.54) is 16.8 Å². The summed E-state index contributed by atoms with van der Waals surface area (Å²) in [5.41, 5.74) is 5.51. The molecule has 5 heteroatoms. The molecule has 4 aromatic rings. The van der Waals surface area contributed by atoms with Crippen molar-refractivity contribution >= 4 is 0 Å². The van der Waals surface area contributed by atoms with Gasteiger partial charge >= 0.3 is 0 Å². The van der Waals surface area contributed by atoms with Gasteiger partial charge < -0.3 is 0 Å². The maximum Gasteiger partial charge on any atom is 0.163 e. The van der Waals surface area contributed by atoms with Gasteiger partial charge in [-0.15, -0.1) is 0 Å². The molecule has 4 rings (SSSR count). The molecule has 194 valence electrons. The highest BCUT2D eigenvalue weighted by atomic mass is 15.1. The Bertz CT molecular complexity index is 1340. The second-order valence-corrected chi connectivity index (χ2v) is 12.6. The summed E-state index contributed by atoms with van der Waals surface area (Å²) in [5, 5.41) is 0. The van der Waals surface area contributed by atoms with E-state index in [4.69, 9.17) is 19.9 Å². The predicted octanol–water partition coefficient (Wildman–Crippen LogP) is 8.23. The van der Waals surface area contributed by atoms with E-state index < -0.39 is 0 Å². The van der Waals surface area contributed by atoms with Crippen molar-refractivity contribution in [1.29, 1.82) is 0 Å². The zero-order valence-electron chi connectivity index (χ0n) is 24.1. The van der Waals surface area contributed by atoms with E-state index in [0.717, 1.165) is 28.6 Å². The van der Waals surface area contributed by atoms with Crippen LogP contribution in [-0.2, 0) is 10.8 Å². The summed E-state index contributed by atoms with van der Waals surface area (Å²) < 4.78 is 2.25. The fraction of sp³-hybridized carbons (Fsp3) is 0.438. The predicted molar refractivity (Wildman–Crippen MR) is 153 cm³/mol. The molecule has 0 fully saturated rings. The lowest BCUT2D eigenvalue weighted by Gasteiger charge is -2.23. The number of para-hydroxylation sites is 1. The Balaban J connectivity index is 1.89. The molecule has 0 saturated heterocycles. The SMILES string of the molecule is CC(C)c1cccc(C(C)C)c1-n1ccnc1-c1cccc(-c2nc(C(C)(C)C)nc(C(C)(C)C)n2)c1. The van der Waals surface area contributed by atoms with Crippen LogP contribution in [-0.4, -0.2) is 24.5 Å². The summed E-state index contributed by atoms with van der Waals surface area (Å²) in [5.74, 6) is 4.02. The molecule has 0 N–H and O–H groups in total. The summed E-state index contributed by atoms with van der Waals surface area (Å²) in [7, 11) is 0. The lowest BCUT2D eigenvalue weighted by Crippen LogP contribution is -2.24. The lowest BCUT2D eigenvalue weighted by molar-refractivity contribution is 0.497. The highest BCUT2D eigenvalue weighted by Crippen LogP contribution is 2.35. The van der Waals surface area contributed by atoms with Crippen molar-refractivity contribution in [3.63, 3.8) is 0 Å². The zero-order valence-corrected chi connectivity index (χ0v) is 24.1. The highest BCUT2D eigenvalue weighted by molar-refractivity contribution is 5.68. The van der Waals surface area contributed by atoms with Gasteiger partial charge in [0.25, 0.3) is 0 Å². The molecule has 37 heavy (non-hydrogen) atoms. The van der Waals surface area contributed by atoms with Crippen LogP contribution in [0.1, 0.15) is 104 Å². The molecular formula is C32H41N5. The van der Waals surface area contributed by atoms with Gasteiger partial charge in [0.1, 0.15) is 17.5 Å². The van der Waals surface area contributed by atoms with Crippen LogP contribution in [0.15, 0.2) is 54.9 Å². The van der Waals surface area contributed by atoms with Crippen LogP contribution in [0.3, 0.4) is 0 Å². The Morgan fingerprint density at radius 3 is 1.70 bits per heavy atom. The summed E-state index contributed by atoms with van der Waals surface area (Å²) in [6, 6.07) is 15.1. The van der Waals surface area contributed by atoms with Crippen molar-refractivity contribution in [2.75, 3.05) is 0 Å². The largest absolute Gasteiger partial charge is 0.299 e. The smallest absolute Gasteiger partial charge is 0.163 e. The van der Waals surface area contributed by atoms with E-state index in [9.17, 15) is 0 Å². The minimum atomic E-state index is -0.181. The first-order chi connectivity index (χ1) is 17.3. The third kappa shape index (κ3) is 5.51. The fourth-order valence-electron chi connectivity index (χ4n) is 4.46. The van der Waals surface area contributed by atoms with Gasteiger partial charge in [0.2, 0.25) is 0 Å². The maximum atomic E-state index is 4.92. The number of benzene rings is 2. The van der Waals surface area contributed by atoms with Crippen LogP contribution in [0.5, 0.6) is 0 Å². The van der Waals surface area contributed by atoms with Gasteiger partial charge in [0, 0.05) is 34.4 Å². The van der Waals surface area contributed by atoms with Gasteiger partial charge in [-0.25, -0.2) is 19.9 Å². The molecule has 0 aliphatic heterocycles. The first-order valence-electron chi connectivity index (χ1n) is 13.3. The normalized spacial score (nSPS) is 12.5. The van der Waals surface area contributed by atoms with Crippen molar-refractivity contribution < 1.29 is 0 Å². The second-order valence-electron chi connectivity index (χ2n) is 12.6. The van der Waals surface area contributed by atoms with Crippen LogP contribution in [0.4, 0.5) is 0 Å². The minimum Gasteiger partial charge on any atom is -0.299 e. The van der Waals surface area contributed by atoms with Crippen LogP contribution >= 0.6 is 0 Å². The molecule has 2 aromatic heterocycles. The monoisotopic (exact) mass is 495 g/mol. The van der Waals surface area contributed by atoms with E-state index in [1.807, 2.05) is 6.20 Å². The first kappa shape index (κ1) is 26.7. The Morgan fingerprint density at radius 2 is 1.19 bits per heavy atom. The molecule has 2 aromatic carbocycles. The number of hydrogen-bond acceptors (Lipinski definition) is 4. The molecule has 0 spiro atoms. The molecule has 0 aliphatic carbocycles. The van der Waals surface area contributed by atoms with Crippen molar-refractivity contribution in [2.24, 2.45) is 0 Å². The summed E-state index contributed by atoms with van der Waals surface area (Å²) in [6.07, 6.45) is 3.97. The molecule has 2 heterocycles. The number of imidazole rings is 1. The molecule has 5 nitrogen and oxygen atoms in total. The molecule has 0 saturated carbocycles. The van der Waals surface area contributed by atoms with Crippen molar-refractivity contribution in [3.05, 3.63) is 77.6 Å². The van der Waals surface area contributed by atoms with Crippen LogP contribution in [0.25, 0.3) is 28.5 Å². The number of nitrogens with zero attached hydrogens (tertiary/aromatic N) is 5. The zero-order chi connectivity index (χ0) is 27.1. The van der Waals surface area contributed by atoms with Crippen LogP contribution in [0, 0.1) is 0 Å². The number of hydrogen-bond donors (Lipinski definition) is 0. The van der Waals surface area contributed by atoms with Crippen molar-refractivity contribution in [1.82, 2.24) is 24.5 Å². The van der Waals surface area contributed by atoms with Gasteiger partial charge in [-0.3, -0.25) is 4.57 Å². The maximum absolute atomic E-state index is 4.92. The third-order valence-electron chi connectivity index (χ3n) is 6.58. The van der Waals surface area contributed by atoms with Crippen LogP contribution < -0.4 is 0 Å². The topological polar surface area (TPSA) is 56.5 Å². The lowest BCUT2D eigenvalue weighted by atomic mass is 9.92. The quantitative estimate of drug-likeness (QED) is 0.280. The molecular weight excluding hydrogens is 454 g/mol. The van der Waals surface area contributed by atoms with Gasteiger partial charge in [-0.2, -0.15) is 0 Å². The van der Waals surface area contributed by atoms with E-state index in [2.05, 4.69) is 122 Å². The third-order valence-corrected chi connectivity index (χ3v) is 6.58. The fourth-order valence-corrected chi connectivity index (χ4v) is 4.46. The Hall–Kier alpha value is -3.34. The van der Waals surface area contributed by atoms with E-state index in [-0.39, 0.29) is 10.8 Å². The van der Waals surface area contributed by atoms with Gasteiger partial charge in [-0.1, -0.05) is 106 Å². The summed E-state index contributed by atoms with van der Waals surface area (Å²) in [4.78, 5) is 19.5. The standard InChI is InChI=1S/C32H41N5/c1-20(2)24-15-12-16-25(21(3)4)26(24)37-18-17-33-28(37)23-14-11-13-22(19-23)27-34-29(31(5,6)7)36-30(35-27)32(8,9)10/h11-21H,1-10H3. The van der Waals surface area contributed by atoms with Gasteiger partial charge in [-0.05, 0) is 29.0 Å². The molecule has 0 atom stereocenters. The van der Waals surface area contributed by atoms with E-state index in [0.29, 0.717) is 17.7 Å². The molecule has 0 amide bonds. The number of aromatic nitrogens is 5. The summed E-state index contributed by atoms with van der Waals surface area (Å²) in [6.45, 7) is 21.9. The number of rotatable bonds is 5.